The highest BCUT2D eigenvalue weighted by molar-refractivity contribution is 6.31. The van der Waals surface area contributed by atoms with E-state index in [0.717, 1.165) is 4.90 Å². The average molecular weight is 314 g/mol. The molecule has 1 atom stereocenters. The molecule has 1 aromatic rings. The zero-order valence-electron chi connectivity index (χ0n) is 11.6. The number of rotatable bonds is 5. The van der Waals surface area contributed by atoms with Gasteiger partial charge in [0.25, 0.3) is 0 Å². The molecule has 0 saturated heterocycles. The quantitative estimate of drug-likeness (QED) is 0.750. The maximum absolute atomic E-state index is 11.9. The van der Waals surface area contributed by atoms with Crippen LogP contribution in [0, 0.1) is 0 Å². The summed E-state index contributed by atoms with van der Waals surface area (Å²) in [5.74, 6) is -1.61. The van der Waals surface area contributed by atoms with Crippen LogP contribution in [0.4, 0.5) is 4.79 Å². The highest BCUT2D eigenvalue weighted by Crippen LogP contribution is 2.23. The number of benzene rings is 1. The molecule has 3 amide bonds. The fourth-order valence-electron chi connectivity index (χ4n) is 1.58. The molecule has 7 nitrogen and oxygen atoms in total. The molecule has 3 N–H and O–H groups in total. The van der Waals surface area contributed by atoms with Crippen molar-refractivity contribution in [1.82, 2.24) is 15.5 Å². The van der Waals surface area contributed by atoms with Crippen LogP contribution in [0.2, 0.25) is 5.02 Å². The Bertz CT molecular complexity index is 550. The number of halogens is 1. The number of carboxylic acid groups (broad SMARTS) is 1. The molecule has 0 bridgehead atoms. The molecule has 114 valence electrons. The van der Waals surface area contributed by atoms with Crippen molar-refractivity contribution in [1.29, 1.82) is 0 Å². The summed E-state index contributed by atoms with van der Waals surface area (Å²) in [5, 5.41) is 14.2. The summed E-state index contributed by atoms with van der Waals surface area (Å²) >= 11 is 5.94. The van der Waals surface area contributed by atoms with Crippen LogP contribution in [0.25, 0.3) is 0 Å². The van der Waals surface area contributed by atoms with Crippen LogP contribution >= 0.6 is 11.6 Å². The molecule has 8 heteroatoms. The van der Waals surface area contributed by atoms with Crippen molar-refractivity contribution in [3.63, 3.8) is 0 Å². The van der Waals surface area contributed by atoms with E-state index in [4.69, 9.17) is 11.6 Å². The van der Waals surface area contributed by atoms with E-state index in [2.05, 4.69) is 10.6 Å². The molecule has 0 aliphatic rings. The molecule has 0 spiro atoms. The predicted octanol–water partition coefficient (Wildman–Crippen LogP) is 0.853. The third-order valence-corrected chi connectivity index (χ3v) is 3.08. The largest absolute Gasteiger partial charge is 0.479 e. The normalized spacial score (nSPS) is 11.4. The third-order valence-electron chi connectivity index (χ3n) is 2.74. The van der Waals surface area contributed by atoms with E-state index < -0.39 is 18.0 Å². The van der Waals surface area contributed by atoms with Crippen molar-refractivity contribution in [3.8, 4) is 0 Å². The average Bonchev–Trinajstić information content (AvgIpc) is 2.44. The van der Waals surface area contributed by atoms with Gasteiger partial charge in [-0.15, -0.1) is 0 Å². The molecule has 0 heterocycles. The van der Waals surface area contributed by atoms with E-state index in [1.165, 1.54) is 26.2 Å². The monoisotopic (exact) mass is 313 g/mol. The lowest BCUT2D eigenvalue weighted by Crippen LogP contribution is -2.45. The van der Waals surface area contributed by atoms with Crippen LogP contribution in [-0.4, -0.2) is 48.6 Å². The molecular formula is C13H16ClN3O4. The van der Waals surface area contributed by atoms with Gasteiger partial charge in [-0.1, -0.05) is 29.8 Å². The van der Waals surface area contributed by atoms with Crippen molar-refractivity contribution in [2.45, 2.75) is 6.04 Å². The first-order valence-corrected chi connectivity index (χ1v) is 6.44. The number of urea groups is 1. The van der Waals surface area contributed by atoms with Gasteiger partial charge < -0.3 is 20.6 Å². The molecule has 21 heavy (non-hydrogen) atoms. The van der Waals surface area contributed by atoms with E-state index in [0.29, 0.717) is 0 Å². The summed E-state index contributed by atoms with van der Waals surface area (Å²) in [5.41, 5.74) is 0.272. The fourth-order valence-corrected chi connectivity index (χ4v) is 1.83. The summed E-state index contributed by atoms with van der Waals surface area (Å²) in [6.45, 7) is -0.183. The van der Waals surface area contributed by atoms with E-state index in [-0.39, 0.29) is 23.0 Å². The predicted molar refractivity (Wildman–Crippen MR) is 77.1 cm³/mol. The lowest BCUT2D eigenvalue weighted by molar-refractivity contribution is -0.139. The number of hydrogen-bond donors (Lipinski definition) is 3. The number of carboxylic acids is 1. The summed E-state index contributed by atoms with van der Waals surface area (Å²) in [6.07, 6.45) is 0. The van der Waals surface area contributed by atoms with E-state index >= 15 is 0 Å². The maximum Gasteiger partial charge on any atom is 0.331 e. The Morgan fingerprint density at radius 2 is 1.95 bits per heavy atom. The summed E-state index contributed by atoms with van der Waals surface area (Å²) in [4.78, 5) is 35.5. The Balaban J connectivity index is 2.85. The minimum atomic E-state index is -1.29. The zero-order valence-corrected chi connectivity index (χ0v) is 12.3. The van der Waals surface area contributed by atoms with Crippen molar-refractivity contribution in [3.05, 3.63) is 34.9 Å². The van der Waals surface area contributed by atoms with Gasteiger partial charge in [-0.05, 0) is 6.07 Å². The number of nitrogens with one attached hydrogen (secondary N) is 2. The van der Waals surface area contributed by atoms with Crippen molar-refractivity contribution < 1.29 is 19.5 Å². The number of hydrogen-bond acceptors (Lipinski definition) is 3. The number of carbonyl (C=O) groups excluding carboxylic acids is 2. The molecule has 0 aromatic heterocycles. The van der Waals surface area contributed by atoms with Gasteiger partial charge in [0, 0.05) is 24.7 Å². The van der Waals surface area contributed by atoms with Crippen LogP contribution in [0.5, 0.6) is 0 Å². The first-order chi connectivity index (χ1) is 9.86. The van der Waals surface area contributed by atoms with E-state index in [9.17, 15) is 19.5 Å². The number of amides is 3. The molecule has 0 saturated carbocycles. The Hall–Kier alpha value is -2.28. The van der Waals surface area contributed by atoms with Crippen molar-refractivity contribution in [2.24, 2.45) is 0 Å². The molecule has 0 aliphatic heterocycles. The molecule has 0 unspecified atom stereocenters. The molecule has 0 fully saturated rings. The van der Waals surface area contributed by atoms with Gasteiger partial charge in [0.1, 0.15) is 6.54 Å². The topological polar surface area (TPSA) is 98.7 Å². The van der Waals surface area contributed by atoms with Crippen LogP contribution in [0.15, 0.2) is 24.3 Å². The third kappa shape index (κ3) is 4.64. The molecule has 1 rings (SSSR count). The first kappa shape index (κ1) is 16.8. The van der Waals surface area contributed by atoms with Gasteiger partial charge in [-0.3, -0.25) is 4.79 Å². The summed E-state index contributed by atoms with van der Waals surface area (Å²) < 4.78 is 0. The SMILES string of the molecule is CNC(=O)CN(C)C(=O)N[C@@H](C(=O)O)c1ccccc1Cl. The van der Waals surface area contributed by atoms with Crippen molar-refractivity contribution in [2.75, 3.05) is 20.6 Å². The lowest BCUT2D eigenvalue weighted by Gasteiger charge is -2.21. The number of nitrogens with zero attached hydrogens (tertiary/aromatic N) is 1. The second-order valence-corrected chi connectivity index (χ2v) is 4.68. The lowest BCUT2D eigenvalue weighted by atomic mass is 10.1. The van der Waals surface area contributed by atoms with Gasteiger partial charge in [0.05, 0.1) is 0 Å². The van der Waals surface area contributed by atoms with Gasteiger partial charge in [-0.25, -0.2) is 9.59 Å². The Kier molecular flexibility index (Phi) is 5.98. The van der Waals surface area contributed by atoms with Gasteiger partial charge >= 0.3 is 12.0 Å². The van der Waals surface area contributed by atoms with Gasteiger partial charge in [-0.2, -0.15) is 0 Å². The molecular weight excluding hydrogens is 298 g/mol. The van der Waals surface area contributed by atoms with Crippen molar-refractivity contribution >= 4 is 29.5 Å². The summed E-state index contributed by atoms with van der Waals surface area (Å²) in [6, 6.07) is 4.35. The highest BCUT2D eigenvalue weighted by Gasteiger charge is 2.25. The Morgan fingerprint density at radius 3 is 2.48 bits per heavy atom. The second kappa shape index (κ2) is 7.49. The van der Waals surface area contributed by atoms with Crippen LogP contribution < -0.4 is 10.6 Å². The standard InChI is InChI=1S/C13H16ClN3O4/c1-15-10(18)7-17(2)13(21)16-11(12(19)20)8-5-3-4-6-9(8)14/h3-6,11H,7H2,1-2H3,(H,15,18)(H,16,21)(H,19,20)/t11-/m1/s1. The van der Waals surface area contributed by atoms with E-state index in [1.807, 2.05) is 0 Å². The fraction of sp³-hybridized carbons (Fsp3) is 0.308. The van der Waals surface area contributed by atoms with Crippen LogP contribution in [-0.2, 0) is 9.59 Å². The number of likely N-dealkylation sites (N-methyl/N-ethyl adjacent to an activating group) is 2. The second-order valence-electron chi connectivity index (χ2n) is 4.27. The molecule has 1 aromatic carbocycles. The van der Waals surface area contributed by atoms with Crippen LogP contribution in [0.3, 0.4) is 0 Å². The molecule has 0 radical (unpaired) electrons. The minimum absolute atomic E-state index is 0.183. The minimum Gasteiger partial charge on any atom is -0.479 e. The highest BCUT2D eigenvalue weighted by atomic mass is 35.5. The maximum atomic E-state index is 11.9. The van der Waals surface area contributed by atoms with Crippen LogP contribution in [0.1, 0.15) is 11.6 Å². The molecule has 0 aliphatic carbocycles. The smallest absolute Gasteiger partial charge is 0.331 e. The zero-order chi connectivity index (χ0) is 16.0. The Labute approximate surface area is 126 Å². The van der Waals surface area contributed by atoms with Gasteiger partial charge in [0.15, 0.2) is 6.04 Å². The number of carbonyl (C=O) groups is 3. The Morgan fingerprint density at radius 1 is 1.33 bits per heavy atom. The van der Waals surface area contributed by atoms with E-state index in [1.54, 1.807) is 12.1 Å². The first-order valence-electron chi connectivity index (χ1n) is 6.06. The summed E-state index contributed by atoms with van der Waals surface area (Å²) in [7, 11) is 2.83. The van der Waals surface area contributed by atoms with Gasteiger partial charge in [0.2, 0.25) is 5.91 Å². The number of aliphatic carboxylic acids is 1.